The fourth-order valence-electron chi connectivity index (χ4n) is 0.550. The number of aliphatic hydroxyl groups excluding tert-OH is 1. The van der Waals surface area contributed by atoms with Crippen molar-refractivity contribution in [1.82, 2.24) is 0 Å². The number of hydrogen-bond donors (Lipinski definition) is 1. The van der Waals surface area contributed by atoms with Crippen LogP contribution in [-0.2, 0) is 4.74 Å². The van der Waals surface area contributed by atoms with Gasteiger partial charge in [-0.3, -0.25) is 0 Å². The van der Waals surface area contributed by atoms with Gasteiger partial charge in [0.1, 0.15) is 0 Å². The zero-order chi connectivity index (χ0) is 8.15. The van der Waals surface area contributed by atoms with Gasteiger partial charge < -0.3 is 9.84 Å². The van der Waals surface area contributed by atoms with Gasteiger partial charge in [0.2, 0.25) is 0 Å². The molecule has 0 bridgehead atoms. The first-order chi connectivity index (χ1) is 4.63. The van der Waals surface area contributed by atoms with Gasteiger partial charge in [0.05, 0.1) is 13.7 Å². The number of rotatable bonds is 2. The largest absolute Gasteiger partial charge is 0.486 e. The van der Waals surface area contributed by atoms with Crippen LogP contribution < -0.4 is 0 Å². The van der Waals surface area contributed by atoms with E-state index < -0.39 is 0 Å². The van der Waals surface area contributed by atoms with E-state index in [0.717, 1.165) is 5.57 Å². The minimum atomic E-state index is -0.0466. The molecule has 10 heavy (non-hydrogen) atoms. The topological polar surface area (TPSA) is 29.5 Å². The van der Waals surface area contributed by atoms with Crippen molar-refractivity contribution in [2.45, 2.75) is 13.8 Å². The highest BCUT2D eigenvalue weighted by Gasteiger charge is 2.03. The molecule has 0 aliphatic rings. The molecular formula is C7H12O2S. The minimum Gasteiger partial charge on any atom is -0.486 e. The third kappa shape index (κ3) is 2.45. The second-order valence-corrected chi connectivity index (χ2v) is 2.50. The van der Waals surface area contributed by atoms with E-state index in [9.17, 15) is 0 Å². The summed E-state index contributed by atoms with van der Waals surface area (Å²) < 4.78 is 4.78. The molecule has 0 rings (SSSR count). The number of ether oxygens (including phenoxy) is 1. The summed E-state index contributed by atoms with van der Waals surface area (Å²) in [6.07, 6.45) is 0. The third-order valence-electron chi connectivity index (χ3n) is 1.19. The van der Waals surface area contributed by atoms with Crippen molar-refractivity contribution < 1.29 is 9.84 Å². The Balaban J connectivity index is 4.37. The fourth-order valence-corrected chi connectivity index (χ4v) is 0.819. The van der Waals surface area contributed by atoms with Gasteiger partial charge in [0, 0.05) is 5.57 Å². The molecule has 0 aromatic rings. The van der Waals surface area contributed by atoms with E-state index in [0.29, 0.717) is 10.6 Å². The quantitative estimate of drug-likeness (QED) is 0.487. The van der Waals surface area contributed by atoms with Crippen LogP contribution >= 0.6 is 12.2 Å². The van der Waals surface area contributed by atoms with E-state index in [4.69, 9.17) is 22.1 Å². The van der Waals surface area contributed by atoms with Crippen molar-refractivity contribution in [2.75, 3.05) is 13.7 Å². The lowest BCUT2D eigenvalue weighted by molar-refractivity contribution is 0.326. The van der Waals surface area contributed by atoms with Crippen molar-refractivity contribution >= 4 is 17.3 Å². The summed E-state index contributed by atoms with van der Waals surface area (Å²) >= 11 is 4.81. The highest BCUT2D eigenvalue weighted by molar-refractivity contribution is 7.80. The minimum absolute atomic E-state index is 0.0466. The van der Waals surface area contributed by atoms with E-state index >= 15 is 0 Å². The van der Waals surface area contributed by atoms with E-state index in [-0.39, 0.29) is 6.61 Å². The predicted octanol–water partition coefficient (Wildman–Crippen LogP) is 1.29. The Bertz CT molecular complexity index is 157. The Kier molecular flexibility index (Phi) is 4.23. The van der Waals surface area contributed by atoms with Crippen molar-refractivity contribution in [3.63, 3.8) is 0 Å². The molecule has 0 aromatic carbocycles. The zero-order valence-corrected chi connectivity index (χ0v) is 7.29. The van der Waals surface area contributed by atoms with Crippen LogP contribution in [0.15, 0.2) is 11.1 Å². The van der Waals surface area contributed by atoms with E-state index in [1.54, 1.807) is 0 Å². The van der Waals surface area contributed by atoms with Gasteiger partial charge >= 0.3 is 0 Å². The van der Waals surface area contributed by atoms with Crippen LogP contribution in [0, 0.1) is 0 Å². The molecule has 0 aliphatic carbocycles. The molecule has 0 radical (unpaired) electrons. The van der Waals surface area contributed by atoms with E-state index in [1.807, 2.05) is 13.8 Å². The molecule has 0 aromatic heterocycles. The van der Waals surface area contributed by atoms with Gasteiger partial charge in [-0.05, 0) is 26.1 Å². The molecule has 0 fully saturated rings. The summed E-state index contributed by atoms with van der Waals surface area (Å²) in [5.74, 6) is 0. The van der Waals surface area contributed by atoms with Crippen LogP contribution in [-0.4, -0.2) is 23.9 Å². The molecule has 0 atom stereocenters. The van der Waals surface area contributed by atoms with Crippen LogP contribution in [0.5, 0.6) is 0 Å². The molecule has 0 saturated carbocycles. The molecule has 0 unspecified atom stereocenters. The predicted molar refractivity (Wildman–Crippen MR) is 45.1 cm³/mol. The lowest BCUT2D eigenvalue weighted by Crippen LogP contribution is -2.07. The first-order valence-electron chi connectivity index (χ1n) is 2.99. The first kappa shape index (κ1) is 9.59. The number of aliphatic hydroxyl groups is 1. The van der Waals surface area contributed by atoms with E-state index in [2.05, 4.69) is 0 Å². The molecule has 0 spiro atoms. The van der Waals surface area contributed by atoms with Gasteiger partial charge in [-0.15, -0.1) is 0 Å². The Morgan fingerprint density at radius 3 is 2.10 bits per heavy atom. The molecule has 0 aliphatic heterocycles. The monoisotopic (exact) mass is 160 g/mol. The van der Waals surface area contributed by atoms with Gasteiger partial charge in [0.25, 0.3) is 0 Å². The van der Waals surface area contributed by atoms with Crippen molar-refractivity contribution in [2.24, 2.45) is 0 Å². The van der Waals surface area contributed by atoms with Crippen molar-refractivity contribution in [1.29, 1.82) is 0 Å². The molecule has 0 heterocycles. The molecule has 0 saturated heterocycles. The highest BCUT2D eigenvalue weighted by atomic mass is 32.1. The van der Waals surface area contributed by atoms with Crippen LogP contribution in [0.25, 0.3) is 0 Å². The molecule has 1 N–H and O–H groups in total. The SMILES string of the molecule is COC(=S)C(CO)=C(C)C. The van der Waals surface area contributed by atoms with Crippen LogP contribution in [0.4, 0.5) is 0 Å². The molecule has 0 amide bonds. The Morgan fingerprint density at radius 1 is 1.50 bits per heavy atom. The maximum absolute atomic E-state index is 8.77. The Labute approximate surface area is 66.5 Å². The second kappa shape index (κ2) is 4.41. The number of allylic oxidation sites excluding steroid dienone is 1. The maximum atomic E-state index is 8.77. The summed E-state index contributed by atoms with van der Waals surface area (Å²) in [7, 11) is 1.50. The van der Waals surface area contributed by atoms with Crippen LogP contribution in [0.2, 0.25) is 0 Å². The summed E-state index contributed by atoms with van der Waals surface area (Å²) in [5, 5.41) is 9.15. The van der Waals surface area contributed by atoms with Crippen molar-refractivity contribution in [3.05, 3.63) is 11.1 Å². The average Bonchev–Trinajstić information content (AvgIpc) is 1.88. The third-order valence-corrected chi connectivity index (χ3v) is 1.61. The number of methoxy groups -OCH3 is 1. The van der Waals surface area contributed by atoms with Crippen LogP contribution in [0.1, 0.15) is 13.8 Å². The normalized spacial score (nSPS) is 8.80. The highest BCUT2D eigenvalue weighted by Crippen LogP contribution is 2.05. The average molecular weight is 160 g/mol. The summed E-state index contributed by atoms with van der Waals surface area (Å²) in [4.78, 5) is 0. The summed E-state index contributed by atoms with van der Waals surface area (Å²) in [6.45, 7) is 3.72. The molecule has 2 nitrogen and oxygen atoms in total. The number of thiocarbonyl (C=S) groups is 1. The lowest BCUT2D eigenvalue weighted by Gasteiger charge is -2.05. The Morgan fingerprint density at radius 2 is 2.00 bits per heavy atom. The van der Waals surface area contributed by atoms with Crippen LogP contribution in [0.3, 0.4) is 0 Å². The van der Waals surface area contributed by atoms with Gasteiger partial charge in [-0.25, -0.2) is 0 Å². The van der Waals surface area contributed by atoms with Crippen molar-refractivity contribution in [3.8, 4) is 0 Å². The van der Waals surface area contributed by atoms with Gasteiger partial charge in [0.15, 0.2) is 5.05 Å². The number of hydrogen-bond acceptors (Lipinski definition) is 3. The maximum Gasteiger partial charge on any atom is 0.188 e. The zero-order valence-electron chi connectivity index (χ0n) is 6.47. The molecule has 3 heteroatoms. The standard InChI is InChI=1S/C7H12O2S/c1-5(2)6(4-8)7(10)9-3/h8H,4H2,1-3H3. The smallest absolute Gasteiger partial charge is 0.188 e. The molecule has 58 valence electrons. The summed E-state index contributed by atoms with van der Waals surface area (Å²) in [6, 6.07) is 0. The Hall–Kier alpha value is -0.410. The first-order valence-corrected chi connectivity index (χ1v) is 3.39. The fraction of sp³-hybridized carbons (Fsp3) is 0.571. The molecular weight excluding hydrogens is 148 g/mol. The van der Waals surface area contributed by atoms with E-state index in [1.165, 1.54) is 7.11 Å². The van der Waals surface area contributed by atoms with Gasteiger partial charge in [-0.1, -0.05) is 5.57 Å². The summed E-state index contributed by atoms with van der Waals surface area (Å²) in [5.41, 5.74) is 1.70. The lowest BCUT2D eigenvalue weighted by atomic mass is 10.2. The second-order valence-electron chi connectivity index (χ2n) is 2.13. The van der Waals surface area contributed by atoms with Gasteiger partial charge in [-0.2, -0.15) is 0 Å².